The smallest absolute Gasteiger partial charge is 0.246 e. The van der Waals surface area contributed by atoms with Gasteiger partial charge in [0, 0.05) is 42.3 Å². The number of carbonyl (C=O) groups excluding carboxylic acids is 1. The van der Waals surface area contributed by atoms with Crippen LogP contribution in [0, 0.1) is 5.82 Å². The quantitative estimate of drug-likeness (QED) is 0.779. The van der Waals surface area contributed by atoms with Crippen LogP contribution in [0.15, 0.2) is 28.7 Å². The van der Waals surface area contributed by atoms with Crippen LogP contribution in [0.2, 0.25) is 0 Å². The second-order valence-corrected chi connectivity index (χ2v) is 5.54. The van der Waals surface area contributed by atoms with E-state index in [-0.39, 0.29) is 11.7 Å². The first-order valence-corrected chi connectivity index (χ1v) is 6.96. The molecule has 0 aliphatic carbocycles. The van der Waals surface area contributed by atoms with Gasteiger partial charge in [-0.25, -0.2) is 4.39 Å². The number of carbonyl (C=O) groups is 1. The van der Waals surface area contributed by atoms with Crippen molar-refractivity contribution in [3.05, 3.63) is 40.1 Å². The van der Waals surface area contributed by atoms with Crippen LogP contribution in [0.5, 0.6) is 0 Å². The van der Waals surface area contributed by atoms with E-state index in [9.17, 15) is 9.18 Å². The maximum atomic E-state index is 13.5. The number of hydrogen-bond donors (Lipinski definition) is 0. The molecular formula is C14H16BrFN2O. The number of benzene rings is 1. The highest BCUT2D eigenvalue weighted by atomic mass is 79.9. The minimum atomic E-state index is -0.328. The Kier molecular flexibility index (Phi) is 4.71. The van der Waals surface area contributed by atoms with Gasteiger partial charge in [0.1, 0.15) is 5.82 Å². The molecule has 102 valence electrons. The number of nitrogens with zero attached hydrogens (tertiary/aromatic N) is 2. The van der Waals surface area contributed by atoms with Gasteiger partial charge in [-0.3, -0.25) is 4.79 Å². The fourth-order valence-corrected chi connectivity index (χ4v) is 2.31. The van der Waals surface area contributed by atoms with E-state index in [1.54, 1.807) is 17.0 Å². The lowest BCUT2D eigenvalue weighted by molar-refractivity contribution is -0.127. The number of piperazine rings is 1. The van der Waals surface area contributed by atoms with Gasteiger partial charge in [-0.05, 0) is 31.3 Å². The van der Waals surface area contributed by atoms with Gasteiger partial charge in [0.05, 0.1) is 0 Å². The number of rotatable bonds is 2. The molecule has 1 fully saturated rings. The molecule has 1 aromatic carbocycles. The Bertz CT molecular complexity index is 496. The van der Waals surface area contributed by atoms with Crippen LogP contribution in [0.4, 0.5) is 4.39 Å². The van der Waals surface area contributed by atoms with Crippen molar-refractivity contribution < 1.29 is 9.18 Å². The highest BCUT2D eigenvalue weighted by Crippen LogP contribution is 2.16. The molecule has 3 nitrogen and oxygen atoms in total. The predicted octanol–water partition coefficient (Wildman–Crippen LogP) is 2.38. The Hall–Kier alpha value is -1.20. The molecule has 1 saturated heterocycles. The van der Waals surface area contributed by atoms with Crippen molar-refractivity contribution in [1.82, 2.24) is 9.80 Å². The van der Waals surface area contributed by atoms with E-state index in [1.807, 2.05) is 7.05 Å². The van der Waals surface area contributed by atoms with Crippen molar-refractivity contribution in [3.8, 4) is 0 Å². The van der Waals surface area contributed by atoms with Crippen molar-refractivity contribution in [1.29, 1.82) is 0 Å². The predicted molar refractivity (Wildman–Crippen MR) is 77.2 cm³/mol. The van der Waals surface area contributed by atoms with E-state index in [0.717, 1.165) is 30.7 Å². The van der Waals surface area contributed by atoms with E-state index < -0.39 is 0 Å². The van der Waals surface area contributed by atoms with Crippen molar-refractivity contribution in [2.45, 2.75) is 0 Å². The van der Waals surface area contributed by atoms with Crippen molar-refractivity contribution in [3.63, 3.8) is 0 Å². The Morgan fingerprint density at radius 3 is 2.68 bits per heavy atom. The molecule has 0 unspecified atom stereocenters. The second kappa shape index (κ2) is 6.30. The largest absolute Gasteiger partial charge is 0.337 e. The molecule has 1 aliphatic heterocycles. The van der Waals surface area contributed by atoms with E-state index in [0.29, 0.717) is 5.56 Å². The zero-order chi connectivity index (χ0) is 13.8. The van der Waals surface area contributed by atoms with Gasteiger partial charge in [-0.15, -0.1) is 0 Å². The Labute approximate surface area is 120 Å². The van der Waals surface area contributed by atoms with Gasteiger partial charge in [0.15, 0.2) is 0 Å². The summed E-state index contributed by atoms with van der Waals surface area (Å²) < 4.78 is 14.3. The summed E-state index contributed by atoms with van der Waals surface area (Å²) in [6.07, 6.45) is 2.97. The van der Waals surface area contributed by atoms with Crippen LogP contribution in [-0.4, -0.2) is 48.9 Å². The standard InChI is InChI=1S/C14H16BrFN2O/c1-17-6-8-18(9-7-17)14(19)5-2-11-10-12(15)3-4-13(11)16/h2-5,10H,6-9H2,1H3. The van der Waals surface area contributed by atoms with Crippen LogP contribution < -0.4 is 0 Å². The van der Waals surface area contributed by atoms with Crippen molar-refractivity contribution in [2.24, 2.45) is 0 Å². The number of hydrogen-bond acceptors (Lipinski definition) is 2. The lowest BCUT2D eigenvalue weighted by Gasteiger charge is -2.31. The minimum absolute atomic E-state index is 0.0625. The lowest BCUT2D eigenvalue weighted by Crippen LogP contribution is -2.46. The number of likely N-dealkylation sites (N-methyl/N-ethyl adjacent to an activating group) is 1. The Morgan fingerprint density at radius 1 is 1.32 bits per heavy atom. The van der Waals surface area contributed by atoms with Gasteiger partial charge in [0.2, 0.25) is 5.91 Å². The summed E-state index contributed by atoms with van der Waals surface area (Å²) in [5.74, 6) is -0.391. The Morgan fingerprint density at radius 2 is 2.00 bits per heavy atom. The van der Waals surface area contributed by atoms with E-state index >= 15 is 0 Å². The summed E-state index contributed by atoms with van der Waals surface area (Å²) in [6.45, 7) is 3.21. The normalized spacial score (nSPS) is 17.1. The molecule has 19 heavy (non-hydrogen) atoms. The highest BCUT2D eigenvalue weighted by molar-refractivity contribution is 9.10. The number of amides is 1. The first kappa shape index (κ1) is 14.2. The lowest BCUT2D eigenvalue weighted by atomic mass is 10.2. The van der Waals surface area contributed by atoms with Gasteiger partial charge < -0.3 is 9.80 Å². The molecular weight excluding hydrogens is 311 g/mol. The second-order valence-electron chi connectivity index (χ2n) is 4.63. The molecule has 1 amide bonds. The van der Waals surface area contributed by atoms with Crippen LogP contribution in [0.1, 0.15) is 5.56 Å². The molecule has 0 bridgehead atoms. The first-order chi connectivity index (χ1) is 9.06. The minimum Gasteiger partial charge on any atom is -0.337 e. The summed E-state index contributed by atoms with van der Waals surface area (Å²) in [5, 5.41) is 0. The first-order valence-electron chi connectivity index (χ1n) is 6.17. The molecule has 0 aromatic heterocycles. The van der Waals surface area contributed by atoms with Crippen LogP contribution in [-0.2, 0) is 4.79 Å². The molecule has 5 heteroatoms. The average molecular weight is 327 g/mol. The third kappa shape index (κ3) is 3.88. The highest BCUT2D eigenvalue weighted by Gasteiger charge is 2.16. The molecule has 1 heterocycles. The van der Waals surface area contributed by atoms with E-state index in [1.165, 1.54) is 18.2 Å². The Balaban J connectivity index is 2.02. The van der Waals surface area contributed by atoms with Gasteiger partial charge in [-0.2, -0.15) is 0 Å². The van der Waals surface area contributed by atoms with Gasteiger partial charge >= 0.3 is 0 Å². The van der Waals surface area contributed by atoms with Gasteiger partial charge in [0.25, 0.3) is 0 Å². The SMILES string of the molecule is CN1CCN(C(=O)C=Cc2cc(Br)ccc2F)CC1. The zero-order valence-corrected chi connectivity index (χ0v) is 12.4. The maximum absolute atomic E-state index is 13.5. The van der Waals surface area contributed by atoms with Crippen LogP contribution >= 0.6 is 15.9 Å². The monoisotopic (exact) mass is 326 g/mol. The van der Waals surface area contributed by atoms with Crippen molar-refractivity contribution in [2.75, 3.05) is 33.2 Å². The molecule has 2 rings (SSSR count). The summed E-state index contributed by atoms with van der Waals surface area (Å²) in [5.41, 5.74) is 0.414. The summed E-state index contributed by atoms with van der Waals surface area (Å²) >= 11 is 3.29. The maximum Gasteiger partial charge on any atom is 0.246 e. The van der Waals surface area contributed by atoms with Crippen molar-refractivity contribution >= 4 is 27.9 Å². The fraction of sp³-hybridized carbons (Fsp3) is 0.357. The molecule has 0 N–H and O–H groups in total. The summed E-state index contributed by atoms with van der Waals surface area (Å²) in [4.78, 5) is 15.9. The molecule has 0 atom stereocenters. The molecule has 1 aromatic rings. The molecule has 0 saturated carbocycles. The van der Waals surface area contributed by atoms with Crippen LogP contribution in [0.3, 0.4) is 0 Å². The van der Waals surface area contributed by atoms with E-state index in [2.05, 4.69) is 20.8 Å². The topological polar surface area (TPSA) is 23.6 Å². The van der Waals surface area contributed by atoms with E-state index in [4.69, 9.17) is 0 Å². The molecule has 0 radical (unpaired) electrons. The fourth-order valence-electron chi connectivity index (χ4n) is 1.94. The van der Waals surface area contributed by atoms with Crippen LogP contribution in [0.25, 0.3) is 6.08 Å². The number of halogens is 2. The summed E-state index contributed by atoms with van der Waals surface area (Å²) in [7, 11) is 2.04. The third-order valence-corrected chi connectivity index (χ3v) is 3.67. The zero-order valence-electron chi connectivity index (χ0n) is 10.8. The van der Waals surface area contributed by atoms with Gasteiger partial charge in [-0.1, -0.05) is 15.9 Å². The molecule has 0 spiro atoms. The average Bonchev–Trinajstić information content (AvgIpc) is 2.40. The third-order valence-electron chi connectivity index (χ3n) is 3.18. The molecule has 1 aliphatic rings. The summed E-state index contributed by atoms with van der Waals surface area (Å²) in [6, 6.07) is 4.67.